The number of carbonyl (C=O) groups excluding carboxylic acids is 1. The number of amides is 1. The van der Waals surface area contributed by atoms with Gasteiger partial charge in [0.1, 0.15) is 5.69 Å². The van der Waals surface area contributed by atoms with Crippen molar-refractivity contribution >= 4 is 11.6 Å². The topological polar surface area (TPSA) is 80.9 Å². The van der Waals surface area contributed by atoms with Gasteiger partial charge in [-0.25, -0.2) is 4.98 Å². The number of anilines is 1. The summed E-state index contributed by atoms with van der Waals surface area (Å²) in [5, 5.41) is 6.66. The molecule has 29 heavy (non-hydrogen) atoms. The number of hydrogen-bond donors (Lipinski definition) is 1. The van der Waals surface area contributed by atoms with Crippen LogP contribution in [0.25, 0.3) is 11.5 Å². The first-order valence-corrected chi connectivity index (χ1v) is 8.92. The average molecular weight is 380 g/mol. The molecule has 1 amide bonds. The molecular formula is C23H16N4O2. The Hall–Kier alpha value is -4.24. The third kappa shape index (κ3) is 4.54. The van der Waals surface area contributed by atoms with Gasteiger partial charge in [-0.15, -0.1) is 0 Å². The molecule has 1 N–H and O–H groups in total. The number of nitrogens with one attached hydrogen (secondary N) is 1. The van der Waals surface area contributed by atoms with Crippen LogP contribution in [0.4, 0.5) is 5.69 Å². The van der Waals surface area contributed by atoms with Crippen LogP contribution in [0.3, 0.4) is 0 Å². The zero-order valence-corrected chi connectivity index (χ0v) is 15.6. The largest absolute Gasteiger partial charge is 0.334 e. The Morgan fingerprint density at radius 3 is 2.59 bits per heavy atom. The van der Waals surface area contributed by atoms with Crippen molar-refractivity contribution in [2.45, 2.75) is 6.92 Å². The second-order valence-corrected chi connectivity index (χ2v) is 6.22. The Bertz CT molecular complexity index is 1200. The van der Waals surface area contributed by atoms with Crippen LogP contribution >= 0.6 is 0 Å². The van der Waals surface area contributed by atoms with Crippen LogP contribution in [0.1, 0.15) is 27.4 Å². The van der Waals surface area contributed by atoms with E-state index in [9.17, 15) is 4.79 Å². The summed E-state index contributed by atoms with van der Waals surface area (Å²) < 4.78 is 5.14. The van der Waals surface area contributed by atoms with Crippen molar-refractivity contribution in [2.75, 3.05) is 5.32 Å². The first-order valence-electron chi connectivity index (χ1n) is 8.92. The fourth-order valence-corrected chi connectivity index (χ4v) is 2.63. The summed E-state index contributed by atoms with van der Waals surface area (Å²) in [7, 11) is 0. The van der Waals surface area contributed by atoms with E-state index in [0.29, 0.717) is 28.7 Å². The maximum atomic E-state index is 12.5. The molecule has 0 atom stereocenters. The van der Waals surface area contributed by atoms with Crippen molar-refractivity contribution in [1.82, 2.24) is 15.1 Å². The smallest absolute Gasteiger partial charge is 0.257 e. The highest BCUT2D eigenvalue weighted by Gasteiger charge is 2.09. The molecular weight excluding hydrogens is 364 g/mol. The molecule has 0 saturated carbocycles. The van der Waals surface area contributed by atoms with Crippen LogP contribution in [0, 0.1) is 18.8 Å². The molecule has 0 aliphatic heterocycles. The highest BCUT2D eigenvalue weighted by atomic mass is 16.5. The quantitative estimate of drug-likeness (QED) is 0.542. The van der Waals surface area contributed by atoms with Crippen LogP contribution < -0.4 is 5.32 Å². The molecule has 6 heteroatoms. The van der Waals surface area contributed by atoms with Crippen LogP contribution in [-0.2, 0) is 0 Å². The van der Waals surface area contributed by atoms with Gasteiger partial charge in [-0.1, -0.05) is 23.2 Å². The number of hydrogen-bond acceptors (Lipinski definition) is 5. The van der Waals surface area contributed by atoms with E-state index in [0.717, 1.165) is 11.1 Å². The van der Waals surface area contributed by atoms with Gasteiger partial charge in [0.2, 0.25) is 0 Å². The zero-order valence-electron chi connectivity index (χ0n) is 15.6. The molecule has 0 fully saturated rings. The minimum absolute atomic E-state index is 0.215. The van der Waals surface area contributed by atoms with Gasteiger partial charge >= 0.3 is 0 Å². The van der Waals surface area contributed by atoms with Gasteiger partial charge in [0.25, 0.3) is 11.8 Å². The van der Waals surface area contributed by atoms with Crippen molar-refractivity contribution < 1.29 is 9.32 Å². The molecule has 0 radical (unpaired) electrons. The molecule has 140 valence electrons. The number of nitrogens with zero attached hydrogens (tertiary/aromatic N) is 3. The first-order chi connectivity index (χ1) is 14.2. The summed E-state index contributed by atoms with van der Waals surface area (Å²) >= 11 is 0. The van der Waals surface area contributed by atoms with Gasteiger partial charge in [0.15, 0.2) is 5.82 Å². The molecule has 0 aliphatic rings. The molecule has 6 nitrogen and oxygen atoms in total. The summed E-state index contributed by atoms with van der Waals surface area (Å²) in [4.78, 5) is 20.9. The Labute approximate surface area is 167 Å². The molecule has 4 aromatic rings. The standard InChI is InChI=1S/C23H16N4O2/c1-16-25-23(29-27-16)19-11-9-18(10-12-19)22(28)26-21-7-4-5-17(15-21)8-13-20-6-2-3-14-24-20/h2-7,9-12,14-15H,1H3,(H,26,28). The molecule has 4 rings (SSSR count). The van der Waals surface area contributed by atoms with Crippen LogP contribution in [0.5, 0.6) is 0 Å². The van der Waals surface area contributed by atoms with Crippen molar-refractivity contribution in [3.63, 3.8) is 0 Å². The first kappa shape index (κ1) is 18.1. The summed E-state index contributed by atoms with van der Waals surface area (Å²) in [5.74, 6) is 6.83. The van der Waals surface area contributed by atoms with Crippen LogP contribution in [0.15, 0.2) is 77.4 Å². The van der Waals surface area contributed by atoms with Crippen LogP contribution in [0.2, 0.25) is 0 Å². The van der Waals surface area contributed by atoms with E-state index < -0.39 is 0 Å². The minimum Gasteiger partial charge on any atom is -0.334 e. The van der Waals surface area contributed by atoms with Gasteiger partial charge in [-0.2, -0.15) is 4.98 Å². The Balaban J connectivity index is 1.46. The third-order valence-corrected chi connectivity index (χ3v) is 4.04. The van der Waals surface area contributed by atoms with Crippen LogP contribution in [-0.4, -0.2) is 21.0 Å². The summed E-state index contributed by atoms with van der Waals surface area (Å²) in [5.41, 5.74) is 3.43. The van der Waals surface area contributed by atoms with Crippen molar-refractivity contribution in [3.8, 4) is 23.3 Å². The minimum atomic E-state index is -0.215. The molecule has 2 aromatic heterocycles. The molecule has 0 unspecified atom stereocenters. The van der Waals surface area contributed by atoms with E-state index in [1.165, 1.54) is 0 Å². The predicted octanol–water partition coefficient (Wildman–Crippen LogP) is 4.09. The number of carbonyl (C=O) groups is 1. The fraction of sp³-hybridized carbons (Fsp3) is 0.0435. The van der Waals surface area contributed by atoms with Crippen molar-refractivity contribution in [3.05, 3.63) is 95.6 Å². The lowest BCUT2D eigenvalue weighted by Gasteiger charge is -2.06. The van der Waals surface area contributed by atoms with Gasteiger partial charge in [0.05, 0.1) is 0 Å². The predicted molar refractivity (Wildman–Crippen MR) is 109 cm³/mol. The van der Waals surface area contributed by atoms with E-state index in [2.05, 4.69) is 32.3 Å². The normalized spacial score (nSPS) is 10.1. The number of benzene rings is 2. The lowest BCUT2D eigenvalue weighted by atomic mass is 10.1. The van der Waals surface area contributed by atoms with E-state index in [1.54, 1.807) is 37.4 Å². The number of aryl methyl sites for hydroxylation is 1. The van der Waals surface area contributed by atoms with Gasteiger partial charge < -0.3 is 9.84 Å². The molecule has 0 saturated heterocycles. The molecule has 0 bridgehead atoms. The van der Waals surface area contributed by atoms with E-state index in [1.807, 2.05) is 42.5 Å². The lowest BCUT2D eigenvalue weighted by Crippen LogP contribution is -2.11. The van der Waals surface area contributed by atoms with E-state index >= 15 is 0 Å². The highest BCUT2D eigenvalue weighted by Crippen LogP contribution is 2.18. The summed E-state index contributed by atoms with van der Waals surface area (Å²) in [6, 6.07) is 19.9. The zero-order chi connectivity index (χ0) is 20.1. The second kappa shape index (κ2) is 8.19. The molecule has 2 heterocycles. The van der Waals surface area contributed by atoms with Gasteiger partial charge in [-0.3, -0.25) is 4.79 Å². The molecule has 0 aliphatic carbocycles. The fourth-order valence-electron chi connectivity index (χ4n) is 2.63. The highest BCUT2D eigenvalue weighted by molar-refractivity contribution is 6.04. The third-order valence-electron chi connectivity index (χ3n) is 4.04. The average Bonchev–Trinajstić information content (AvgIpc) is 3.20. The van der Waals surface area contributed by atoms with E-state index in [4.69, 9.17) is 4.52 Å². The maximum absolute atomic E-state index is 12.5. The number of rotatable bonds is 3. The Morgan fingerprint density at radius 1 is 1.00 bits per heavy atom. The second-order valence-electron chi connectivity index (χ2n) is 6.22. The van der Waals surface area contributed by atoms with Gasteiger partial charge in [-0.05, 0) is 67.4 Å². The summed E-state index contributed by atoms with van der Waals surface area (Å²) in [6.07, 6.45) is 1.70. The summed E-state index contributed by atoms with van der Waals surface area (Å²) in [6.45, 7) is 1.75. The molecule has 0 spiro atoms. The monoisotopic (exact) mass is 380 g/mol. The lowest BCUT2D eigenvalue weighted by molar-refractivity contribution is 0.102. The van der Waals surface area contributed by atoms with Crippen molar-refractivity contribution in [2.24, 2.45) is 0 Å². The Kier molecular flexibility index (Phi) is 5.12. The van der Waals surface area contributed by atoms with E-state index in [-0.39, 0.29) is 5.91 Å². The SMILES string of the molecule is Cc1noc(-c2ccc(C(=O)Nc3cccc(C#Cc4ccccn4)c3)cc2)n1. The number of aromatic nitrogens is 3. The Morgan fingerprint density at radius 2 is 1.86 bits per heavy atom. The maximum Gasteiger partial charge on any atom is 0.257 e. The van der Waals surface area contributed by atoms with Crippen molar-refractivity contribution in [1.29, 1.82) is 0 Å². The molecule has 2 aromatic carbocycles. The van der Waals surface area contributed by atoms with Gasteiger partial charge in [0, 0.05) is 28.6 Å². The number of pyridine rings is 1.